The SMILES string of the molecule is CCCCN1C(=O)/C(=C\C=C2/Sc3ccc(Cl)cc3N2CCO)SC1=S. The van der Waals surface area contributed by atoms with E-state index in [0.717, 1.165) is 28.5 Å². The average molecular weight is 427 g/mol. The molecule has 0 saturated carbocycles. The van der Waals surface area contributed by atoms with Gasteiger partial charge < -0.3 is 10.0 Å². The lowest BCUT2D eigenvalue weighted by Crippen LogP contribution is -2.28. The van der Waals surface area contributed by atoms with Gasteiger partial charge in [0, 0.05) is 23.0 Å². The second kappa shape index (κ2) is 8.80. The molecule has 0 radical (unpaired) electrons. The zero-order chi connectivity index (χ0) is 18.7. The summed E-state index contributed by atoms with van der Waals surface area (Å²) in [6.07, 6.45) is 5.70. The van der Waals surface area contributed by atoms with Crippen molar-refractivity contribution in [2.45, 2.75) is 24.7 Å². The average Bonchev–Trinajstić information content (AvgIpc) is 3.09. The number of thioether (sulfide) groups is 2. The molecule has 1 aromatic carbocycles. The molecule has 2 heterocycles. The number of thiocarbonyl (C=S) groups is 1. The van der Waals surface area contributed by atoms with Crippen LogP contribution in [0.1, 0.15) is 19.8 Å². The fourth-order valence-electron chi connectivity index (χ4n) is 2.70. The van der Waals surface area contributed by atoms with E-state index in [-0.39, 0.29) is 12.5 Å². The first-order valence-corrected chi connectivity index (χ1v) is 10.8. The molecule has 0 aromatic heterocycles. The summed E-state index contributed by atoms with van der Waals surface area (Å²) in [4.78, 5) is 17.9. The predicted octanol–water partition coefficient (Wildman–Crippen LogP) is 4.63. The first-order valence-electron chi connectivity index (χ1n) is 8.36. The number of carbonyl (C=O) groups is 1. The monoisotopic (exact) mass is 426 g/mol. The third-order valence-electron chi connectivity index (χ3n) is 4.00. The fourth-order valence-corrected chi connectivity index (χ4v) is 5.19. The number of nitrogens with zero attached hydrogens (tertiary/aromatic N) is 2. The molecule has 2 aliphatic heterocycles. The Bertz CT molecular complexity index is 795. The molecule has 1 N–H and O–H groups in total. The number of halogens is 1. The van der Waals surface area contributed by atoms with Gasteiger partial charge in [0.25, 0.3) is 5.91 Å². The van der Waals surface area contributed by atoms with Crippen LogP contribution in [0.5, 0.6) is 0 Å². The van der Waals surface area contributed by atoms with Crippen LogP contribution in [-0.2, 0) is 4.79 Å². The maximum atomic E-state index is 12.5. The summed E-state index contributed by atoms with van der Waals surface area (Å²) in [7, 11) is 0. The molecule has 8 heteroatoms. The highest BCUT2D eigenvalue weighted by molar-refractivity contribution is 8.26. The Labute approximate surface area is 172 Å². The van der Waals surface area contributed by atoms with Gasteiger partial charge in [-0.25, -0.2) is 0 Å². The highest BCUT2D eigenvalue weighted by atomic mass is 35.5. The lowest BCUT2D eigenvalue weighted by atomic mass is 10.3. The number of anilines is 1. The highest BCUT2D eigenvalue weighted by Crippen LogP contribution is 2.47. The number of allylic oxidation sites excluding steroid dienone is 2. The number of benzene rings is 1. The molecular weight excluding hydrogens is 408 g/mol. The van der Waals surface area contributed by atoms with Gasteiger partial charge in [-0.3, -0.25) is 9.69 Å². The van der Waals surface area contributed by atoms with E-state index in [1.807, 2.05) is 35.3 Å². The summed E-state index contributed by atoms with van der Waals surface area (Å²) in [5.74, 6) is -0.0254. The Kier molecular flexibility index (Phi) is 6.69. The van der Waals surface area contributed by atoms with Crippen LogP contribution >= 0.6 is 47.3 Å². The Morgan fingerprint density at radius 1 is 1.23 bits per heavy atom. The summed E-state index contributed by atoms with van der Waals surface area (Å²) in [5, 5.41) is 11.0. The van der Waals surface area contributed by atoms with E-state index in [9.17, 15) is 9.90 Å². The Hall–Kier alpha value is -0.990. The van der Waals surface area contributed by atoms with E-state index in [1.54, 1.807) is 16.7 Å². The molecule has 4 nitrogen and oxygen atoms in total. The van der Waals surface area contributed by atoms with Gasteiger partial charge in [0.15, 0.2) is 0 Å². The molecule has 1 amide bonds. The van der Waals surface area contributed by atoms with Crippen molar-refractivity contribution in [3.05, 3.63) is 45.3 Å². The van der Waals surface area contributed by atoms with Crippen molar-refractivity contribution in [2.24, 2.45) is 0 Å². The van der Waals surface area contributed by atoms with Crippen LogP contribution in [0.4, 0.5) is 5.69 Å². The van der Waals surface area contributed by atoms with Gasteiger partial charge in [-0.05, 0) is 36.8 Å². The summed E-state index contributed by atoms with van der Waals surface area (Å²) >= 11 is 14.4. The summed E-state index contributed by atoms with van der Waals surface area (Å²) in [6, 6.07) is 5.72. The third-order valence-corrected chi connectivity index (χ3v) is 6.76. The first kappa shape index (κ1) is 19.8. The van der Waals surface area contributed by atoms with E-state index >= 15 is 0 Å². The Balaban J connectivity index is 1.82. The molecule has 3 rings (SSSR count). The van der Waals surface area contributed by atoms with Crippen molar-refractivity contribution in [1.82, 2.24) is 4.90 Å². The normalized spacial score (nSPS) is 20.0. The number of unbranched alkanes of at least 4 members (excludes halogenated alkanes) is 1. The zero-order valence-corrected chi connectivity index (χ0v) is 17.5. The maximum absolute atomic E-state index is 12.5. The number of aliphatic hydroxyl groups excluding tert-OH is 1. The van der Waals surface area contributed by atoms with E-state index in [1.165, 1.54) is 11.8 Å². The van der Waals surface area contributed by atoms with Crippen molar-refractivity contribution in [3.63, 3.8) is 0 Å². The van der Waals surface area contributed by atoms with Crippen LogP contribution in [-0.4, -0.2) is 39.9 Å². The van der Waals surface area contributed by atoms with Gasteiger partial charge in [-0.15, -0.1) is 0 Å². The lowest BCUT2D eigenvalue weighted by molar-refractivity contribution is -0.122. The first-order chi connectivity index (χ1) is 12.5. The zero-order valence-electron chi connectivity index (χ0n) is 14.3. The quantitative estimate of drug-likeness (QED) is 0.528. The van der Waals surface area contributed by atoms with Crippen LogP contribution in [0.3, 0.4) is 0 Å². The topological polar surface area (TPSA) is 43.8 Å². The van der Waals surface area contributed by atoms with Crippen LogP contribution in [0.15, 0.2) is 45.2 Å². The van der Waals surface area contributed by atoms with Crippen molar-refractivity contribution in [3.8, 4) is 0 Å². The standard InChI is InChI=1S/C18H19ClN2O2S3/c1-2-3-8-21-17(23)15(26-18(21)24)6-7-16-20(9-10-22)13-11-12(19)4-5-14(13)25-16/h4-7,11,22H,2-3,8-10H2,1H3/b15-6+,16-7-. The van der Waals surface area contributed by atoms with Crippen LogP contribution in [0, 0.1) is 0 Å². The van der Waals surface area contributed by atoms with Gasteiger partial charge in [-0.2, -0.15) is 0 Å². The second-order valence-electron chi connectivity index (χ2n) is 5.80. The van der Waals surface area contributed by atoms with Gasteiger partial charge in [-0.1, -0.05) is 60.7 Å². The molecular formula is C18H19ClN2O2S3. The van der Waals surface area contributed by atoms with Crippen molar-refractivity contribution >= 4 is 63.3 Å². The summed E-state index contributed by atoms with van der Waals surface area (Å²) in [5.41, 5.74) is 0.978. The van der Waals surface area contributed by atoms with E-state index in [0.29, 0.717) is 27.3 Å². The number of amides is 1. The van der Waals surface area contributed by atoms with Gasteiger partial charge in [0.2, 0.25) is 0 Å². The van der Waals surface area contributed by atoms with Crippen molar-refractivity contribution in [2.75, 3.05) is 24.6 Å². The molecule has 0 unspecified atom stereocenters. The third kappa shape index (κ3) is 4.12. The highest BCUT2D eigenvalue weighted by Gasteiger charge is 2.31. The number of rotatable bonds is 6. The molecule has 0 aliphatic carbocycles. The molecule has 26 heavy (non-hydrogen) atoms. The second-order valence-corrected chi connectivity index (χ2v) is 8.98. The number of carbonyl (C=O) groups excluding carboxylic acids is 1. The molecule has 1 saturated heterocycles. The van der Waals surface area contributed by atoms with Crippen LogP contribution < -0.4 is 4.90 Å². The largest absolute Gasteiger partial charge is 0.395 e. The smallest absolute Gasteiger partial charge is 0.266 e. The molecule has 2 aliphatic rings. The minimum Gasteiger partial charge on any atom is -0.395 e. The van der Waals surface area contributed by atoms with E-state index < -0.39 is 0 Å². The van der Waals surface area contributed by atoms with Crippen LogP contribution in [0.25, 0.3) is 0 Å². The van der Waals surface area contributed by atoms with Crippen LogP contribution in [0.2, 0.25) is 5.02 Å². The van der Waals surface area contributed by atoms with Crippen molar-refractivity contribution in [1.29, 1.82) is 0 Å². The Morgan fingerprint density at radius 2 is 2.04 bits per heavy atom. The minimum absolute atomic E-state index is 0.0254. The Morgan fingerprint density at radius 3 is 2.77 bits per heavy atom. The van der Waals surface area contributed by atoms with Crippen molar-refractivity contribution < 1.29 is 9.90 Å². The number of β-amino-alcohol motifs (C(OH)–C–C–N with tert-alkyl or cyclic N) is 1. The molecule has 0 bridgehead atoms. The minimum atomic E-state index is -0.0254. The number of aliphatic hydroxyl groups is 1. The number of hydrogen-bond donors (Lipinski definition) is 1. The molecule has 1 aromatic rings. The van der Waals surface area contributed by atoms with E-state index in [4.69, 9.17) is 23.8 Å². The molecule has 138 valence electrons. The van der Waals surface area contributed by atoms with Gasteiger partial charge in [0.05, 0.1) is 22.2 Å². The predicted molar refractivity (Wildman–Crippen MR) is 115 cm³/mol. The lowest BCUT2D eigenvalue weighted by Gasteiger charge is -2.19. The van der Waals surface area contributed by atoms with Gasteiger partial charge in [0.1, 0.15) is 4.32 Å². The van der Waals surface area contributed by atoms with Gasteiger partial charge >= 0.3 is 0 Å². The number of fused-ring (bicyclic) bond motifs is 1. The van der Waals surface area contributed by atoms with E-state index in [2.05, 4.69) is 6.92 Å². The summed E-state index contributed by atoms with van der Waals surface area (Å²) < 4.78 is 0.620. The maximum Gasteiger partial charge on any atom is 0.266 e. The molecule has 0 spiro atoms. The fraction of sp³-hybridized carbons (Fsp3) is 0.333. The number of hydrogen-bond acceptors (Lipinski definition) is 6. The molecule has 1 fully saturated rings. The summed E-state index contributed by atoms with van der Waals surface area (Å²) in [6.45, 7) is 3.26. The molecule has 0 atom stereocenters.